The quantitative estimate of drug-likeness (QED) is 0.828. The summed E-state index contributed by atoms with van der Waals surface area (Å²) in [5, 5.41) is 8.96. The second-order valence-electron chi connectivity index (χ2n) is 5.54. The number of amides is 1. The Kier molecular flexibility index (Phi) is 3.70. The van der Waals surface area contributed by atoms with Gasteiger partial charge in [0.05, 0.1) is 11.6 Å². The van der Waals surface area contributed by atoms with E-state index in [-0.39, 0.29) is 5.91 Å². The van der Waals surface area contributed by atoms with E-state index >= 15 is 0 Å². The highest BCUT2D eigenvalue weighted by molar-refractivity contribution is 5.94. The summed E-state index contributed by atoms with van der Waals surface area (Å²) in [6.07, 6.45) is 3.47. The van der Waals surface area contributed by atoms with Crippen molar-refractivity contribution in [2.75, 3.05) is 24.7 Å². The van der Waals surface area contributed by atoms with Crippen molar-refractivity contribution in [1.29, 1.82) is 5.26 Å². The third-order valence-corrected chi connectivity index (χ3v) is 4.12. The zero-order valence-electron chi connectivity index (χ0n) is 11.5. The van der Waals surface area contributed by atoms with E-state index in [1.165, 1.54) is 0 Å². The molecule has 3 rings (SSSR count). The molecule has 2 heterocycles. The third-order valence-electron chi connectivity index (χ3n) is 4.12. The van der Waals surface area contributed by atoms with E-state index in [0.29, 0.717) is 24.5 Å². The Bertz CT molecular complexity index is 556. The third kappa shape index (κ3) is 2.54. The van der Waals surface area contributed by atoms with Crippen LogP contribution in [0.1, 0.15) is 30.4 Å². The van der Waals surface area contributed by atoms with Gasteiger partial charge in [0.25, 0.3) is 0 Å². The van der Waals surface area contributed by atoms with Crippen LogP contribution in [0.5, 0.6) is 0 Å². The number of hydrogen-bond donors (Lipinski definition) is 0. The molecule has 0 radical (unpaired) electrons. The van der Waals surface area contributed by atoms with Gasteiger partial charge in [-0.15, -0.1) is 0 Å². The molecule has 2 aliphatic rings. The van der Waals surface area contributed by atoms with Gasteiger partial charge in [0.2, 0.25) is 5.91 Å². The molecule has 1 aromatic carbocycles. The smallest absolute Gasteiger partial charge is 0.227 e. The Morgan fingerprint density at radius 1 is 1.50 bits per heavy atom. The molecule has 0 spiro atoms. The highest BCUT2D eigenvalue weighted by atomic mass is 16.5. The van der Waals surface area contributed by atoms with Gasteiger partial charge in [-0.3, -0.25) is 4.79 Å². The van der Waals surface area contributed by atoms with Gasteiger partial charge in [0.15, 0.2) is 0 Å². The van der Waals surface area contributed by atoms with Gasteiger partial charge in [0.1, 0.15) is 0 Å². The fourth-order valence-electron chi connectivity index (χ4n) is 3.03. The van der Waals surface area contributed by atoms with E-state index in [0.717, 1.165) is 43.7 Å². The van der Waals surface area contributed by atoms with E-state index < -0.39 is 0 Å². The van der Waals surface area contributed by atoms with E-state index in [9.17, 15) is 4.79 Å². The number of rotatable bonds is 2. The van der Waals surface area contributed by atoms with Crippen molar-refractivity contribution in [2.45, 2.75) is 25.7 Å². The van der Waals surface area contributed by atoms with Crippen LogP contribution in [-0.2, 0) is 16.0 Å². The Hall–Kier alpha value is -1.86. The Morgan fingerprint density at radius 2 is 2.40 bits per heavy atom. The van der Waals surface area contributed by atoms with Gasteiger partial charge in [-0.2, -0.15) is 5.26 Å². The molecule has 1 amide bonds. The normalized spacial score (nSPS) is 21.4. The minimum absolute atomic E-state index is 0.186. The fraction of sp³-hybridized carbons (Fsp3) is 0.500. The first-order valence-electron chi connectivity index (χ1n) is 7.19. The highest BCUT2D eigenvalue weighted by Crippen LogP contribution is 2.29. The van der Waals surface area contributed by atoms with Crippen LogP contribution < -0.4 is 4.90 Å². The van der Waals surface area contributed by atoms with E-state index in [1.807, 2.05) is 17.0 Å². The first kappa shape index (κ1) is 13.1. The summed E-state index contributed by atoms with van der Waals surface area (Å²) in [6.45, 7) is 2.27. The Balaban J connectivity index is 1.78. The molecule has 1 fully saturated rings. The predicted molar refractivity (Wildman–Crippen MR) is 75.4 cm³/mol. The molecule has 104 valence electrons. The minimum atomic E-state index is 0.186. The molecule has 0 N–H and O–H groups in total. The van der Waals surface area contributed by atoms with Crippen molar-refractivity contribution in [1.82, 2.24) is 0 Å². The monoisotopic (exact) mass is 270 g/mol. The number of fused-ring (bicyclic) bond motifs is 1. The van der Waals surface area contributed by atoms with Crippen LogP contribution in [0.25, 0.3) is 0 Å². The van der Waals surface area contributed by atoms with Gasteiger partial charge in [-0.1, -0.05) is 0 Å². The number of carbonyl (C=O) groups is 1. The summed E-state index contributed by atoms with van der Waals surface area (Å²) in [5.41, 5.74) is 2.77. The van der Waals surface area contributed by atoms with Gasteiger partial charge in [0, 0.05) is 31.9 Å². The summed E-state index contributed by atoms with van der Waals surface area (Å²) in [7, 11) is 0. The van der Waals surface area contributed by atoms with Crippen LogP contribution >= 0.6 is 0 Å². The number of carbonyl (C=O) groups excluding carboxylic acids is 1. The van der Waals surface area contributed by atoms with Crippen molar-refractivity contribution in [2.24, 2.45) is 5.92 Å². The van der Waals surface area contributed by atoms with Crippen LogP contribution in [0.2, 0.25) is 0 Å². The number of ether oxygens (including phenoxy) is 1. The SMILES string of the molecule is N#Cc1ccc2c(c1)CCCN2C(=O)C[C@H]1CCOC1. The lowest BCUT2D eigenvalue weighted by Gasteiger charge is -2.30. The molecule has 1 atom stereocenters. The van der Waals surface area contributed by atoms with Crippen LogP contribution in [0, 0.1) is 17.2 Å². The Labute approximate surface area is 118 Å². The van der Waals surface area contributed by atoms with Crippen molar-refractivity contribution < 1.29 is 9.53 Å². The van der Waals surface area contributed by atoms with Gasteiger partial charge >= 0.3 is 0 Å². The molecule has 1 aromatic rings. The molecule has 1 saturated heterocycles. The summed E-state index contributed by atoms with van der Waals surface area (Å²) in [4.78, 5) is 14.4. The molecule has 0 saturated carbocycles. The predicted octanol–water partition coefficient (Wildman–Crippen LogP) is 2.26. The maximum absolute atomic E-state index is 12.5. The topological polar surface area (TPSA) is 53.3 Å². The van der Waals surface area contributed by atoms with Gasteiger partial charge in [-0.05, 0) is 48.9 Å². The maximum atomic E-state index is 12.5. The first-order chi connectivity index (χ1) is 9.78. The minimum Gasteiger partial charge on any atom is -0.381 e. The zero-order chi connectivity index (χ0) is 13.9. The average molecular weight is 270 g/mol. The first-order valence-corrected chi connectivity index (χ1v) is 7.19. The fourth-order valence-corrected chi connectivity index (χ4v) is 3.03. The largest absolute Gasteiger partial charge is 0.381 e. The standard InChI is InChI=1S/C16H18N2O2/c17-10-12-3-4-15-14(8-12)2-1-6-18(15)16(19)9-13-5-7-20-11-13/h3-4,8,13H,1-2,5-7,9,11H2/t13-/m1/s1. The zero-order valence-corrected chi connectivity index (χ0v) is 11.5. The van der Waals surface area contributed by atoms with Crippen molar-refractivity contribution in [3.63, 3.8) is 0 Å². The summed E-state index contributed by atoms with van der Waals surface area (Å²) in [5.74, 6) is 0.553. The number of nitrogens with zero attached hydrogens (tertiary/aromatic N) is 2. The van der Waals surface area contributed by atoms with Crippen molar-refractivity contribution >= 4 is 11.6 Å². The van der Waals surface area contributed by atoms with Crippen molar-refractivity contribution in [3.8, 4) is 6.07 Å². The van der Waals surface area contributed by atoms with Crippen LogP contribution in [0.15, 0.2) is 18.2 Å². The highest BCUT2D eigenvalue weighted by Gasteiger charge is 2.26. The number of anilines is 1. The van der Waals surface area contributed by atoms with E-state index in [1.54, 1.807) is 6.07 Å². The van der Waals surface area contributed by atoms with Gasteiger partial charge in [-0.25, -0.2) is 0 Å². The molecule has 0 bridgehead atoms. The summed E-state index contributed by atoms with van der Waals surface area (Å²) < 4.78 is 5.34. The molecule has 0 aliphatic carbocycles. The molecule has 4 nitrogen and oxygen atoms in total. The lowest BCUT2D eigenvalue weighted by atomic mass is 9.97. The number of hydrogen-bond acceptors (Lipinski definition) is 3. The molecular formula is C16H18N2O2. The van der Waals surface area contributed by atoms with Crippen LogP contribution in [0.4, 0.5) is 5.69 Å². The lowest BCUT2D eigenvalue weighted by molar-refractivity contribution is -0.119. The number of nitriles is 1. The van der Waals surface area contributed by atoms with Gasteiger partial charge < -0.3 is 9.64 Å². The summed E-state index contributed by atoms with van der Waals surface area (Å²) >= 11 is 0. The second kappa shape index (κ2) is 5.64. The Morgan fingerprint density at radius 3 is 3.15 bits per heavy atom. The van der Waals surface area contributed by atoms with Crippen LogP contribution in [-0.4, -0.2) is 25.7 Å². The molecule has 4 heteroatoms. The van der Waals surface area contributed by atoms with E-state index in [2.05, 4.69) is 6.07 Å². The molecule has 0 aromatic heterocycles. The molecular weight excluding hydrogens is 252 g/mol. The maximum Gasteiger partial charge on any atom is 0.227 e. The average Bonchev–Trinajstić information content (AvgIpc) is 2.98. The van der Waals surface area contributed by atoms with Crippen LogP contribution in [0.3, 0.4) is 0 Å². The summed E-state index contributed by atoms with van der Waals surface area (Å²) in [6, 6.07) is 7.78. The second-order valence-corrected chi connectivity index (χ2v) is 5.54. The molecule has 20 heavy (non-hydrogen) atoms. The number of aryl methyl sites for hydroxylation is 1. The van der Waals surface area contributed by atoms with E-state index in [4.69, 9.17) is 10.00 Å². The molecule has 2 aliphatic heterocycles. The number of benzene rings is 1. The van der Waals surface area contributed by atoms with Crippen molar-refractivity contribution in [3.05, 3.63) is 29.3 Å². The molecule has 0 unspecified atom stereocenters. The lowest BCUT2D eigenvalue weighted by Crippen LogP contribution is -2.36.